The lowest BCUT2D eigenvalue weighted by atomic mass is 9.76. The van der Waals surface area contributed by atoms with E-state index >= 15 is 0 Å². The summed E-state index contributed by atoms with van der Waals surface area (Å²) in [6.45, 7) is 1.40. The van der Waals surface area contributed by atoms with Crippen molar-refractivity contribution in [2.24, 2.45) is 17.8 Å². The molecule has 1 aliphatic carbocycles. The molecule has 220 valence electrons. The number of benzene rings is 3. The highest BCUT2D eigenvalue weighted by atomic mass is 35.5. The first kappa shape index (κ1) is 29.6. The van der Waals surface area contributed by atoms with Crippen LogP contribution in [-0.4, -0.2) is 51.0 Å². The summed E-state index contributed by atoms with van der Waals surface area (Å²) in [5.41, 5.74) is 0.0908. The van der Waals surface area contributed by atoms with Gasteiger partial charge in [0.05, 0.1) is 32.9 Å². The molecule has 0 aromatic heterocycles. The molecule has 43 heavy (non-hydrogen) atoms. The molecule has 1 aliphatic heterocycles. The highest BCUT2D eigenvalue weighted by Crippen LogP contribution is 2.41. The predicted octanol–water partition coefficient (Wildman–Crippen LogP) is 5.13. The maximum Gasteiger partial charge on any atom is 0.343 e. The van der Waals surface area contributed by atoms with Crippen LogP contribution in [0.2, 0.25) is 5.02 Å². The number of esters is 1. The van der Waals surface area contributed by atoms with Crippen molar-refractivity contribution in [3.8, 4) is 5.75 Å². The van der Waals surface area contributed by atoms with Gasteiger partial charge in [0.2, 0.25) is 0 Å². The zero-order valence-corrected chi connectivity index (χ0v) is 23.7. The average Bonchev–Trinajstić information content (AvgIpc) is 3.24. The molecule has 5 rings (SSSR count). The van der Waals surface area contributed by atoms with E-state index in [4.69, 9.17) is 16.3 Å². The molecule has 0 radical (unpaired) electrons. The fraction of sp³-hybridized carbons (Fsp3) is 0.258. The van der Waals surface area contributed by atoms with Gasteiger partial charge >= 0.3 is 5.97 Å². The van der Waals surface area contributed by atoms with E-state index in [1.807, 2.05) is 6.92 Å². The molecule has 0 spiro atoms. The summed E-state index contributed by atoms with van der Waals surface area (Å²) < 4.78 is 5.30. The van der Waals surface area contributed by atoms with E-state index in [1.165, 1.54) is 60.7 Å². The van der Waals surface area contributed by atoms with Crippen LogP contribution in [0.15, 0.2) is 72.8 Å². The van der Waals surface area contributed by atoms with Crippen LogP contribution in [0.1, 0.15) is 57.3 Å². The van der Waals surface area contributed by atoms with Crippen LogP contribution in [0.4, 0.5) is 5.69 Å². The summed E-state index contributed by atoms with van der Waals surface area (Å²) in [5, 5.41) is 12.6. The van der Waals surface area contributed by atoms with Crippen LogP contribution in [0.5, 0.6) is 5.75 Å². The number of fused-ring (bicyclic) bond motifs is 1. The second-order valence-electron chi connectivity index (χ2n) is 10.6. The van der Waals surface area contributed by atoms with Gasteiger partial charge in [-0.2, -0.15) is 5.01 Å². The number of nitrogens with zero attached hydrogens (tertiary/aromatic N) is 3. The number of carbonyl (C=O) groups excluding carboxylic acids is 5. The molecule has 0 bridgehead atoms. The number of imide groups is 1. The maximum atomic E-state index is 13.7. The first-order chi connectivity index (χ1) is 20.5. The number of ketones is 1. The molecule has 1 saturated carbocycles. The van der Waals surface area contributed by atoms with Crippen molar-refractivity contribution < 1.29 is 33.6 Å². The van der Waals surface area contributed by atoms with Gasteiger partial charge in [0.15, 0.2) is 5.78 Å². The molecule has 3 amide bonds. The Hall–Kier alpha value is -4.90. The van der Waals surface area contributed by atoms with Crippen molar-refractivity contribution in [1.29, 1.82) is 0 Å². The Balaban J connectivity index is 1.36. The molecular formula is C31H26ClN3O8. The SMILES string of the molecule is C[C@@H]1CC[C@H]2C(=O)N(N(CC(=O)c3ccc(OC(=O)c4ccc([N+](=O)[O-])cc4)cc3)C(=O)c3ccccc3Cl)C(=O)[C@H]2C1. The summed E-state index contributed by atoms with van der Waals surface area (Å²) in [5.74, 6) is -3.87. The van der Waals surface area contributed by atoms with Crippen molar-refractivity contribution in [2.45, 2.75) is 26.2 Å². The van der Waals surface area contributed by atoms with Gasteiger partial charge in [-0.1, -0.05) is 30.7 Å². The number of hydrogen-bond donors (Lipinski definition) is 0. The molecule has 3 atom stereocenters. The number of nitro benzene ring substituents is 1. The first-order valence-electron chi connectivity index (χ1n) is 13.6. The third-order valence-electron chi connectivity index (χ3n) is 7.74. The Bertz CT molecular complexity index is 1620. The van der Waals surface area contributed by atoms with E-state index in [0.717, 1.165) is 16.4 Å². The lowest BCUT2D eigenvalue weighted by molar-refractivity contribution is -0.384. The number of rotatable bonds is 8. The van der Waals surface area contributed by atoms with Crippen molar-refractivity contribution in [1.82, 2.24) is 10.0 Å². The number of hydrogen-bond acceptors (Lipinski definition) is 8. The molecule has 1 heterocycles. The second-order valence-corrected chi connectivity index (χ2v) is 11.0. The highest BCUT2D eigenvalue weighted by Gasteiger charge is 2.53. The minimum absolute atomic E-state index is 0.0364. The van der Waals surface area contributed by atoms with Crippen molar-refractivity contribution in [3.63, 3.8) is 0 Å². The molecule has 2 fully saturated rings. The number of amides is 3. The Morgan fingerprint density at radius 1 is 0.930 bits per heavy atom. The third-order valence-corrected chi connectivity index (χ3v) is 8.07. The summed E-state index contributed by atoms with van der Waals surface area (Å²) in [6, 6.07) is 16.6. The van der Waals surface area contributed by atoms with Crippen LogP contribution in [0.3, 0.4) is 0 Å². The fourth-order valence-electron chi connectivity index (χ4n) is 5.44. The second kappa shape index (κ2) is 12.1. The van der Waals surface area contributed by atoms with Crippen molar-refractivity contribution in [3.05, 3.63) is 105 Å². The normalized spacial score (nSPS) is 19.5. The standard InChI is InChI=1S/C31H26ClN3O8/c1-18-6-15-23-25(16-18)30(39)34(29(23)38)33(28(37)24-4-2-3-5-26(24)32)17-27(36)19-9-13-22(14-10-19)43-31(40)20-7-11-21(12-8-20)35(41)42/h2-5,7-14,18,23,25H,6,15-17H2,1H3/t18-,23-,25+/m1/s1. The van der Waals surface area contributed by atoms with Crippen molar-refractivity contribution >= 4 is 46.8 Å². The van der Waals surface area contributed by atoms with E-state index in [0.29, 0.717) is 12.8 Å². The van der Waals surface area contributed by atoms with Crippen LogP contribution < -0.4 is 4.74 Å². The highest BCUT2D eigenvalue weighted by molar-refractivity contribution is 6.34. The number of ether oxygens (including phenoxy) is 1. The number of non-ortho nitro benzene ring substituents is 1. The topological polar surface area (TPSA) is 144 Å². The van der Waals surface area contributed by atoms with Crippen LogP contribution in [-0.2, 0) is 9.59 Å². The number of nitro groups is 1. The van der Waals surface area contributed by atoms with E-state index in [-0.39, 0.29) is 39.1 Å². The van der Waals surface area contributed by atoms with Crippen LogP contribution in [0.25, 0.3) is 0 Å². The van der Waals surface area contributed by atoms with Gasteiger partial charge in [0.1, 0.15) is 12.3 Å². The Morgan fingerprint density at radius 2 is 1.56 bits per heavy atom. The lowest BCUT2D eigenvalue weighted by Crippen LogP contribution is -2.52. The molecule has 3 aromatic carbocycles. The summed E-state index contributed by atoms with van der Waals surface area (Å²) in [6.07, 6.45) is 1.83. The number of carbonyl (C=O) groups is 5. The Kier molecular flexibility index (Phi) is 8.36. The maximum absolute atomic E-state index is 13.7. The summed E-state index contributed by atoms with van der Waals surface area (Å²) in [4.78, 5) is 76.7. The van der Waals surface area contributed by atoms with Gasteiger partial charge in [-0.15, -0.1) is 0 Å². The smallest absolute Gasteiger partial charge is 0.343 e. The van der Waals surface area contributed by atoms with E-state index in [2.05, 4.69) is 0 Å². The van der Waals surface area contributed by atoms with E-state index < -0.39 is 52.8 Å². The Labute approximate surface area is 251 Å². The molecule has 0 unspecified atom stereocenters. The first-order valence-corrected chi connectivity index (χ1v) is 14.0. The summed E-state index contributed by atoms with van der Waals surface area (Å²) in [7, 11) is 0. The van der Waals surface area contributed by atoms with Gasteiger partial charge in [0, 0.05) is 17.7 Å². The van der Waals surface area contributed by atoms with Gasteiger partial charge < -0.3 is 4.74 Å². The van der Waals surface area contributed by atoms with Gasteiger partial charge in [0.25, 0.3) is 23.4 Å². The van der Waals surface area contributed by atoms with Crippen molar-refractivity contribution in [2.75, 3.05) is 6.54 Å². The molecule has 11 nitrogen and oxygen atoms in total. The molecule has 0 N–H and O–H groups in total. The molecular weight excluding hydrogens is 578 g/mol. The number of Topliss-reactive ketones (excluding diaryl/α,β-unsaturated/α-hetero) is 1. The van der Waals surface area contributed by atoms with Crippen LogP contribution >= 0.6 is 11.6 Å². The van der Waals surface area contributed by atoms with Crippen LogP contribution in [0, 0.1) is 27.9 Å². The van der Waals surface area contributed by atoms with E-state index in [9.17, 15) is 34.1 Å². The average molecular weight is 604 g/mol. The Morgan fingerprint density at radius 3 is 2.21 bits per heavy atom. The quantitative estimate of drug-likeness (QED) is 0.0860. The summed E-state index contributed by atoms with van der Waals surface area (Å²) >= 11 is 6.27. The molecule has 3 aromatic rings. The minimum Gasteiger partial charge on any atom is -0.423 e. The predicted molar refractivity (Wildman–Crippen MR) is 153 cm³/mol. The fourth-order valence-corrected chi connectivity index (χ4v) is 5.66. The zero-order valence-electron chi connectivity index (χ0n) is 23.0. The van der Waals surface area contributed by atoms with E-state index in [1.54, 1.807) is 12.1 Å². The largest absolute Gasteiger partial charge is 0.423 e. The molecule has 2 aliphatic rings. The zero-order chi connectivity index (χ0) is 30.8. The number of halogens is 1. The van der Waals surface area contributed by atoms with Gasteiger partial charge in [-0.05, 0) is 73.7 Å². The number of hydrazine groups is 1. The molecule has 12 heteroatoms. The molecule has 1 saturated heterocycles. The monoisotopic (exact) mass is 603 g/mol. The van der Waals surface area contributed by atoms with Gasteiger partial charge in [-0.3, -0.25) is 29.3 Å². The van der Waals surface area contributed by atoms with Gasteiger partial charge in [-0.25, -0.2) is 9.80 Å². The lowest BCUT2D eigenvalue weighted by Gasteiger charge is -2.30. The minimum atomic E-state index is -0.763. The third kappa shape index (κ3) is 6.02.